The summed E-state index contributed by atoms with van der Waals surface area (Å²) in [6, 6.07) is 14.1. The van der Waals surface area contributed by atoms with Crippen LogP contribution in [-0.2, 0) is 17.8 Å². The van der Waals surface area contributed by atoms with E-state index in [2.05, 4.69) is 11.1 Å². The number of aryl methyl sites for hydroxylation is 1. The molecule has 136 valence electrons. The molecule has 0 spiro atoms. The lowest BCUT2D eigenvalue weighted by Crippen LogP contribution is -2.28. The molecule has 0 unspecified atom stereocenters. The van der Waals surface area contributed by atoms with Crippen molar-refractivity contribution < 1.29 is 9.90 Å². The van der Waals surface area contributed by atoms with Crippen molar-refractivity contribution in [2.45, 2.75) is 26.3 Å². The minimum absolute atomic E-state index is 0.282. The van der Waals surface area contributed by atoms with E-state index in [-0.39, 0.29) is 12.1 Å². The van der Waals surface area contributed by atoms with Gasteiger partial charge in [0, 0.05) is 17.4 Å². The van der Waals surface area contributed by atoms with Crippen LogP contribution in [0.1, 0.15) is 19.2 Å². The molecule has 0 aliphatic heterocycles. The first kappa shape index (κ1) is 17.4. The molecule has 0 bridgehead atoms. The van der Waals surface area contributed by atoms with Gasteiger partial charge in [-0.05, 0) is 28.8 Å². The van der Waals surface area contributed by atoms with Crippen molar-refractivity contribution in [2.75, 3.05) is 0 Å². The average Bonchev–Trinajstić information content (AvgIpc) is 3.08. The summed E-state index contributed by atoms with van der Waals surface area (Å²) in [7, 11) is 0. The molecule has 2 heterocycles. The summed E-state index contributed by atoms with van der Waals surface area (Å²) >= 11 is 1.42. The Morgan fingerprint density at radius 1 is 1.19 bits per heavy atom. The number of hydrogen-bond donors (Lipinski definition) is 1. The predicted octanol–water partition coefficient (Wildman–Crippen LogP) is 4.32. The molecule has 2 aromatic heterocycles. The molecule has 4 aromatic rings. The van der Waals surface area contributed by atoms with E-state index in [0.29, 0.717) is 22.5 Å². The predicted molar refractivity (Wildman–Crippen MR) is 108 cm³/mol. The fraction of sp³-hybridized carbons (Fsp3) is 0.190. The molecule has 1 N–H and O–H groups in total. The fourth-order valence-corrected chi connectivity index (χ4v) is 4.31. The maximum Gasteiger partial charge on any atom is 0.323 e. The minimum atomic E-state index is -1.04. The van der Waals surface area contributed by atoms with Crippen LogP contribution < -0.4 is 5.56 Å². The topological polar surface area (TPSA) is 72.2 Å². The molecule has 5 nitrogen and oxygen atoms in total. The molecule has 0 radical (unpaired) electrons. The summed E-state index contributed by atoms with van der Waals surface area (Å²) in [5.74, 6) is -0.512. The Morgan fingerprint density at radius 3 is 2.70 bits per heavy atom. The SMILES string of the molecule is CCCc1nc2scc(-c3ccc4ccccc4c3)c2c(=O)n1CC(=O)O. The number of rotatable bonds is 5. The third-order valence-corrected chi connectivity index (χ3v) is 5.47. The number of carbonyl (C=O) groups is 1. The molecule has 6 heteroatoms. The average molecular weight is 378 g/mol. The Bertz CT molecular complexity index is 1220. The van der Waals surface area contributed by atoms with E-state index < -0.39 is 5.97 Å². The van der Waals surface area contributed by atoms with Crippen molar-refractivity contribution in [3.05, 3.63) is 64.0 Å². The van der Waals surface area contributed by atoms with Crippen LogP contribution >= 0.6 is 11.3 Å². The molecule has 0 aliphatic rings. The molecule has 4 rings (SSSR count). The van der Waals surface area contributed by atoms with Gasteiger partial charge in [0.25, 0.3) is 5.56 Å². The molecular formula is C21H18N2O3S. The highest BCUT2D eigenvalue weighted by molar-refractivity contribution is 7.17. The largest absolute Gasteiger partial charge is 0.480 e. The third-order valence-electron chi connectivity index (χ3n) is 4.60. The van der Waals surface area contributed by atoms with Crippen molar-refractivity contribution in [3.8, 4) is 11.1 Å². The summed E-state index contributed by atoms with van der Waals surface area (Å²) in [6.45, 7) is 1.61. The van der Waals surface area contributed by atoms with Crippen LogP contribution in [0.25, 0.3) is 32.1 Å². The van der Waals surface area contributed by atoms with E-state index in [1.165, 1.54) is 15.9 Å². The molecule has 27 heavy (non-hydrogen) atoms. The second-order valence-corrected chi connectivity index (χ2v) is 7.31. The van der Waals surface area contributed by atoms with Gasteiger partial charge in [0.1, 0.15) is 17.2 Å². The highest BCUT2D eigenvalue weighted by Gasteiger charge is 2.18. The number of carboxylic acids is 1. The van der Waals surface area contributed by atoms with Crippen molar-refractivity contribution in [1.29, 1.82) is 0 Å². The van der Waals surface area contributed by atoms with Gasteiger partial charge in [-0.2, -0.15) is 0 Å². The summed E-state index contributed by atoms with van der Waals surface area (Å²) in [4.78, 5) is 29.7. The standard InChI is InChI=1S/C21H18N2O3S/c1-2-5-17-22-20-19(21(26)23(17)11-18(24)25)16(12-27-20)15-9-8-13-6-3-4-7-14(13)10-15/h3-4,6-10,12H,2,5,11H2,1H3,(H,24,25). The van der Waals surface area contributed by atoms with Gasteiger partial charge >= 0.3 is 5.97 Å². The van der Waals surface area contributed by atoms with E-state index in [0.717, 1.165) is 28.3 Å². The van der Waals surface area contributed by atoms with Gasteiger partial charge in [0.05, 0.1) is 5.39 Å². The number of carboxylic acid groups (broad SMARTS) is 1. The zero-order valence-corrected chi connectivity index (χ0v) is 15.6. The summed E-state index contributed by atoms with van der Waals surface area (Å²) in [6.07, 6.45) is 1.36. The highest BCUT2D eigenvalue weighted by Crippen LogP contribution is 2.33. The minimum Gasteiger partial charge on any atom is -0.480 e. The number of benzene rings is 2. The Balaban J connectivity index is 1.96. The number of nitrogens with zero attached hydrogens (tertiary/aromatic N) is 2. The van der Waals surface area contributed by atoms with Crippen LogP contribution in [0, 0.1) is 0 Å². The van der Waals surface area contributed by atoms with Gasteiger partial charge < -0.3 is 5.11 Å². The maximum absolute atomic E-state index is 13.1. The van der Waals surface area contributed by atoms with Gasteiger partial charge in [-0.3, -0.25) is 14.2 Å². The summed E-state index contributed by atoms with van der Waals surface area (Å²) in [5.41, 5.74) is 1.46. The first-order valence-corrected chi connectivity index (χ1v) is 9.68. The van der Waals surface area contributed by atoms with E-state index in [9.17, 15) is 14.7 Å². The molecule has 0 atom stereocenters. The van der Waals surface area contributed by atoms with E-state index >= 15 is 0 Å². The number of thiophene rings is 1. The van der Waals surface area contributed by atoms with Crippen molar-refractivity contribution >= 4 is 38.3 Å². The normalized spacial score (nSPS) is 11.3. The molecule has 0 fully saturated rings. The second kappa shape index (κ2) is 6.96. The Morgan fingerprint density at radius 2 is 1.96 bits per heavy atom. The lowest BCUT2D eigenvalue weighted by Gasteiger charge is -2.10. The number of hydrogen-bond acceptors (Lipinski definition) is 4. The Labute approximate surface area is 159 Å². The number of aromatic nitrogens is 2. The smallest absolute Gasteiger partial charge is 0.323 e. The molecular weight excluding hydrogens is 360 g/mol. The molecule has 0 amide bonds. The van der Waals surface area contributed by atoms with Gasteiger partial charge in [-0.15, -0.1) is 11.3 Å². The van der Waals surface area contributed by atoms with Gasteiger partial charge in [-0.25, -0.2) is 4.98 Å². The van der Waals surface area contributed by atoms with Crippen LogP contribution in [-0.4, -0.2) is 20.6 Å². The number of fused-ring (bicyclic) bond motifs is 2. The van der Waals surface area contributed by atoms with Crippen molar-refractivity contribution in [3.63, 3.8) is 0 Å². The lowest BCUT2D eigenvalue weighted by atomic mass is 10.0. The molecule has 0 saturated heterocycles. The van der Waals surface area contributed by atoms with Crippen LogP contribution in [0.5, 0.6) is 0 Å². The van der Waals surface area contributed by atoms with E-state index in [4.69, 9.17) is 0 Å². The van der Waals surface area contributed by atoms with E-state index in [1.54, 1.807) is 0 Å². The van der Waals surface area contributed by atoms with Crippen molar-refractivity contribution in [1.82, 2.24) is 9.55 Å². The van der Waals surface area contributed by atoms with Crippen LogP contribution in [0.3, 0.4) is 0 Å². The van der Waals surface area contributed by atoms with E-state index in [1.807, 2.05) is 48.7 Å². The first-order valence-electron chi connectivity index (χ1n) is 8.80. The molecule has 0 saturated carbocycles. The monoisotopic (exact) mass is 378 g/mol. The fourth-order valence-electron chi connectivity index (χ4n) is 3.35. The zero-order chi connectivity index (χ0) is 19.0. The Kier molecular flexibility index (Phi) is 4.49. The maximum atomic E-state index is 13.1. The third kappa shape index (κ3) is 3.13. The Hall–Kier alpha value is -2.99. The van der Waals surface area contributed by atoms with Crippen LogP contribution in [0.4, 0.5) is 0 Å². The first-order chi connectivity index (χ1) is 13.1. The van der Waals surface area contributed by atoms with Crippen molar-refractivity contribution in [2.24, 2.45) is 0 Å². The van der Waals surface area contributed by atoms with Gasteiger partial charge in [0.2, 0.25) is 0 Å². The van der Waals surface area contributed by atoms with Crippen LogP contribution in [0.15, 0.2) is 52.6 Å². The van der Waals surface area contributed by atoms with Crippen LogP contribution in [0.2, 0.25) is 0 Å². The molecule has 2 aromatic carbocycles. The quantitative estimate of drug-likeness (QED) is 0.561. The highest BCUT2D eigenvalue weighted by atomic mass is 32.1. The number of aliphatic carboxylic acids is 1. The summed E-state index contributed by atoms with van der Waals surface area (Å²) in [5, 5.41) is 13.9. The summed E-state index contributed by atoms with van der Waals surface area (Å²) < 4.78 is 1.30. The molecule has 0 aliphatic carbocycles. The second-order valence-electron chi connectivity index (χ2n) is 6.45. The van der Waals surface area contributed by atoms with Gasteiger partial charge in [-0.1, -0.05) is 43.3 Å². The zero-order valence-electron chi connectivity index (χ0n) is 14.8. The van der Waals surface area contributed by atoms with Gasteiger partial charge in [0.15, 0.2) is 0 Å². The lowest BCUT2D eigenvalue weighted by molar-refractivity contribution is -0.137.